The highest BCUT2D eigenvalue weighted by atomic mass is 79.9. The van der Waals surface area contributed by atoms with Gasteiger partial charge < -0.3 is 10.1 Å². The second-order valence-electron chi connectivity index (χ2n) is 6.12. The normalized spacial score (nSPS) is 11.8. The Bertz CT molecular complexity index is 1030. The van der Waals surface area contributed by atoms with Crippen molar-refractivity contribution in [1.82, 2.24) is 9.97 Å². The van der Waals surface area contributed by atoms with Crippen LogP contribution in [0, 0.1) is 25.2 Å². The van der Waals surface area contributed by atoms with Gasteiger partial charge in [0.2, 0.25) is 0 Å². The molecule has 0 amide bonds. The average Bonchev–Trinajstić information content (AvgIpc) is 2.61. The molecule has 1 heterocycles. The van der Waals surface area contributed by atoms with E-state index in [1.54, 1.807) is 7.11 Å². The zero-order chi connectivity index (χ0) is 18.8. The van der Waals surface area contributed by atoms with Crippen molar-refractivity contribution in [3.8, 4) is 11.8 Å². The van der Waals surface area contributed by atoms with Crippen LogP contribution in [0.25, 0.3) is 10.9 Å². The molecule has 6 heteroatoms. The van der Waals surface area contributed by atoms with Gasteiger partial charge in [0.1, 0.15) is 17.4 Å². The molecular formula is C20H19BrN4O. The molecule has 0 aliphatic carbocycles. The molecule has 0 aliphatic heterocycles. The Morgan fingerprint density at radius 3 is 2.69 bits per heavy atom. The smallest absolute Gasteiger partial charge is 0.138 e. The lowest BCUT2D eigenvalue weighted by Gasteiger charge is -2.19. The van der Waals surface area contributed by atoms with Gasteiger partial charge in [0.05, 0.1) is 34.8 Å². The predicted octanol–water partition coefficient (Wildman–Crippen LogP) is 5.06. The maximum absolute atomic E-state index is 9.26. The van der Waals surface area contributed by atoms with Crippen LogP contribution in [0.15, 0.2) is 34.8 Å². The van der Waals surface area contributed by atoms with Crippen LogP contribution in [-0.4, -0.2) is 17.1 Å². The minimum atomic E-state index is -0.0123. The summed E-state index contributed by atoms with van der Waals surface area (Å²) >= 11 is 3.53. The van der Waals surface area contributed by atoms with Crippen molar-refractivity contribution in [3.63, 3.8) is 0 Å². The summed E-state index contributed by atoms with van der Waals surface area (Å²) in [6, 6.07) is 11.9. The van der Waals surface area contributed by atoms with Gasteiger partial charge in [-0.3, -0.25) is 0 Å². The van der Waals surface area contributed by atoms with Gasteiger partial charge in [0, 0.05) is 11.5 Å². The number of rotatable bonds is 4. The third-order valence-corrected chi connectivity index (χ3v) is 5.02. The summed E-state index contributed by atoms with van der Waals surface area (Å²) in [5, 5.41) is 13.6. The second-order valence-corrected chi connectivity index (χ2v) is 6.98. The minimum absolute atomic E-state index is 0.0123. The van der Waals surface area contributed by atoms with Crippen molar-refractivity contribution in [1.29, 1.82) is 5.26 Å². The standard InChI is InChI=1S/C20H19BrN4O/c1-11-14(10-22)6-5-7-15(11)12(2)23-20-16-8-17(21)19(26-4)9-18(16)24-13(3)25-20/h5-9,12H,1-4H3,(H,23,24,25). The number of nitrogens with zero attached hydrogens (tertiary/aromatic N) is 3. The molecule has 1 atom stereocenters. The molecule has 5 nitrogen and oxygen atoms in total. The molecule has 0 bridgehead atoms. The average molecular weight is 411 g/mol. The predicted molar refractivity (Wildman–Crippen MR) is 106 cm³/mol. The Hall–Kier alpha value is -2.65. The molecular weight excluding hydrogens is 392 g/mol. The molecule has 3 rings (SSSR count). The number of fused-ring (bicyclic) bond motifs is 1. The fourth-order valence-electron chi connectivity index (χ4n) is 3.04. The Morgan fingerprint density at radius 1 is 1.23 bits per heavy atom. The van der Waals surface area contributed by atoms with E-state index in [1.807, 2.05) is 44.2 Å². The molecule has 0 saturated carbocycles. The van der Waals surface area contributed by atoms with Crippen molar-refractivity contribution < 1.29 is 4.74 Å². The number of aryl methyl sites for hydroxylation is 1. The van der Waals surface area contributed by atoms with Crippen LogP contribution in [0.3, 0.4) is 0 Å². The summed E-state index contributed by atoms with van der Waals surface area (Å²) < 4.78 is 6.21. The molecule has 0 fully saturated rings. The van der Waals surface area contributed by atoms with Crippen LogP contribution in [0.2, 0.25) is 0 Å². The Balaban J connectivity index is 2.06. The highest BCUT2D eigenvalue weighted by Gasteiger charge is 2.15. The number of hydrogen-bond donors (Lipinski definition) is 1. The highest BCUT2D eigenvalue weighted by Crippen LogP contribution is 2.33. The molecule has 1 N–H and O–H groups in total. The zero-order valence-electron chi connectivity index (χ0n) is 15.1. The van der Waals surface area contributed by atoms with Gasteiger partial charge in [-0.2, -0.15) is 5.26 Å². The first-order valence-electron chi connectivity index (χ1n) is 8.22. The molecule has 1 unspecified atom stereocenters. The summed E-state index contributed by atoms with van der Waals surface area (Å²) in [5.74, 6) is 2.16. The van der Waals surface area contributed by atoms with Gasteiger partial charge in [-0.15, -0.1) is 0 Å². The second kappa shape index (κ2) is 7.30. The maximum Gasteiger partial charge on any atom is 0.138 e. The molecule has 2 aromatic carbocycles. The van der Waals surface area contributed by atoms with Gasteiger partial charge in [0.25, 0.3) is 0 Å². The first kappa shape index (κ1) is 18.2. The highest BCUT2D eigenvalue weighted by molar-refractivity contribution is 9.10. The van der Waals surface area contributed by atoms with E-state index in [9.17, 15) is 5.26 Å². The van der Waals surface area contributed by atoms with Gasteiger partial charge in [-0.25, -0.2) is 9.97 Å². The van der Waals surface area contributed by atoms with Gasteiger partial charge in [-0.05, 0) is 60.0 Å². The lowest BCUT2D eigenvalue weighted by Crippen LogP contribution is -2.11. The van der Waals surface area contributed by atoms with Gasteiger partial charge in [-0.1, -0.05) is 12.1 Å². The number of methoxy groups -OCH3 is 1. The Labute approximate surface area is 161 Å². The minimum Gasteiger partial charge on any atom is -0.495 e. The third kappa shape index (κ3) is 3.35. The molecule has 3 aromatic rings. The molecule has 0 spiro atoms. The quantitative estimate of drug-likeness (QED) is 0.650. The molecule has 0 aliphatic rings. The Kier molecular flexibility index (Phi) is 5.10. The monoisotopic (exact) mass is 410 g/mol. The summed E-state index contributed by atoms with van der Waals surface area (Å²) in [6.45, 7) is 5.90. The first-order chi connectivity index (χ1) is 12.4. The van der Waals surface area contributed by atoms with Crippen molar-refractivity contribution in [2.45, 2.75) is 26.8 Å². The van der Waals surface area contributed by atoms with E-state index >= 15 is 0 Å². The molecule has 132 valence electrons. The molecule has 0 saturated heterocycles. The molecule has 26 heavy (non-hydrogen) atoms. The van der Waals surface area contributed by atoms with Crippen LogP contribution in [-0.2, 0) is 0 Å². The first-order valence-corrected chi connectivity index (χ1v) is 9.02. The van der Waals surface area contributed by atoms with Gasteiger partial charge in [0.15, 0.2) is 0 Å². The van der Waals surface area contributed by atoms with E-state index in [4.69, 9.17) is 4.74 Å². The van der Waals surface area contributed by atoms with Crippen molar-refractivity contribution >= 4 is 32.7 Å². The molecule has 0 radical (unpaired) electrons. The van der Waals surface area contributed by atoms with E-state index in [2.05, 4.69) is 44.2 Å². The summed E-state index contributed by atoms with van der Waals surface area (Å²) in [7, 11) is 1.63. The van der Waals surface area contributed by atoms with Crippen LogP contribution in [0.4, 0.5) is 5.82 Å². The number of hydrogen-bond acceptors (Lipinski definition) is 5. The number of aromatic nitrogens is 2. The SMILES string of the molecule is COc1cc2nc(C)nc(NC(C)c3cccc(C#N)c3C)c2cc1Br. The zero-order valence-corrected chi connectivity index (χ0v) is 16.7. The largest absolute Gasteiger partial charge is 0.495 e. The van der Waals surface area contributed by atoms with Crippen molar-refractivity contribution in [3.05, 3.63) is 57.3 Å². The fourth-order valence-corrected chi connectivity index (χ4v) is 3.54. The van der Waals surface area contributed by atoms with Crippen molar-refractivity contribution in [2.24, 2.45) is 0 Å². The number of nitriles is 1. The summed E-state index contributed by atoms with van der Waals surface area (Å²) in [4.78, 5) is 9.10. The summed E-state index contributed by atoms with van der Waals surface area (Å²) in [5.41, 5.74) is 3.55. The summed E-state index contributed by atoms with van der Waals surface area (Å²) in [6.07, 6.45) is 0. The van der Waals surface area contributed by atoms with Crippen LogP contribution in [0.5, 0.6) is 5.75 Å². The van der Waals surface area contributed by atoms with Gasteiger partial charge >= 0.3 is 0 Å². The van der Waals surface area contributed by atoms with E-state index in [1.165, 1.54) is 0 Å². The topological polar surface area (TPSA) is 70.8 Å². The van der Waals surface area contributed by atoms with Crippen LogP contribution in [0.1, 0.15) is 35.5 Å². The van der Waals surface area contributed by atoms with Crippen LogP contribution >= 0.6 is 15.9 Å². The lowest BCUT2D eigenvalue weighted by atomic mass is 9.98. The lowest BCUT2D eigenvalue weighted by molar-refractivity contribution is 0.412. The number of benzene rings is 2. The number of nitrogens with one attached hydrogen (secondary N) is 1. The molecule has 1 aromatic heterocycles. The number of anilines is 1. The van der Waals surface area contributed by atoms with Crippen molar-refractivity contribution in [2.75, 3.05) is 12.4 Å². The maximum atomic E-state index is 9.26. The van der Waals surface area contributed by atoms with E-state index < -0.39 is 0 Å². The third-order valence-electron chi connectivity index (χ3n) is 4.40. The van der Waals surface area contributed by atoms with E-state index in [0.29, 0.717) is 11.4 Å². The Morgan fingerprint density at radius 2 is 2.00 bits per heavy atom. The fraction of sp³-hybridized carbons (Fsp3) is 0.250. The number of ether oxygens (including phenoxy) is 1. The number of halogens is 1. The van der Waals surface area contributed by atoms with E-state index in [-0.39, 0.29) is 6.04 Å². The van der Waals surface area contributed by atoms with Crippen LogP contribution < -0.4 is 10.1 Å². The van der Waals surface area contributed by atoms with E-state index in [0.717, 1.165) is 38.1 Å².